The summed E-state index contributed by atoms with van der Waals surface area (Å²) < 4.78 is 29.6. The average molecular weight is 426 g/mol. The summed E-state index contributed by atoms with van der Waals surface area (Å²) in [6.45, 7) is -3.15. The van der Waals surface area contributed by atoms with E-state index < -0.39 is 24.5 Å². The van der Waals surface area contributed by atoms with E-state index in [0.717, 1.165) is 0 Å². The molecule has 6 nitrogen and oxygen atoms in total. The summed E-state index contributed by atoms with van der Waals surface area (Å²) >= 11 is 0. The van der Waals surface area contributed by atoms with Gasteiger partial charge in [-0.25, -0.2) is 0 Å². The minimum Gasteiger partial charge on any atom is -0.507 e. The Labute approximate surface area is 177 Å². The van der Waals surface area contributed by atoms with Gasteiger partial charge in [-0.15, -0.1) is 0 Å². The smallest absolute Gasteiger partial charge is 0.387 e. The lowest BCUT2D eigenvalue weighted by atomic mass is 10.0. The Kier molecular flexibility index (Phi) is 6.81. The molecule has 0 aliphatic carbocycles. The summed E-state index contributed by atoms with van der Waals surface area (Å²) in [6.07, 6.45) is 0. The topological polar surface area (TPSA) is 92.9 Å². The molecule has 2 amide bonds. The fourth-order valence-corrected chi connectivity index (χ4v) is 3.24. The maximum Gasteiger partial charge on any atom is 0.387 e. The number of rotatable bonds is 8. The van der Waals surface area contributed by atoms with Gasteiger partial charge in [-0.2, -0.15) is 8.78 Å². The number of ether oxygens (including phenoxy) is 1. The van der Waals surface area contributed by atoms with Crippen molar-refractivity contribution in [3.63, 3.8) is 0 Å². The minimum absolute atomic E-state index is 0.0235. The lowest BCUT2D eigenvalue weighted by molar-refractivity contribution is -0.122. The quantitative estimate of drug-likeness (QED) is 0.572. The third-order valence-corrected chi connectivity index (χ3v) is 4.57. The SMILES string of the molecule is NC(=O)[C@@H](c1ccccc1)N(Cc1cccc(OC(F)F)c1)C(=O)c1ccccc1O. The van der Waals surface area contributed by atoms with Crippen LogP contribution in [0.5, 0.6) is 11.5 Å². The van der Waals surface area contributed by atoms with Crippen LogP contribution in [0, 0.1) is 0 Å². The van der Waals surface area contributed by atoms with E-state index in [0.29, 0.717) is 11.1 Å². The summed E-state index contributed by atoms with van der Waals surface area (Å²) in [5.74, 6) is -1.78. The molecule has 1 atom stereocenters. The number of benzene rings is 3. The van der Waals surface area contributed by atoms with Crippen LogP contribution in [0.3, 0.4) is 0 Å². The van der Waals surface area contributed by atoms with Gasteiger partial charge in [0.25, 0.3) is 5.91 Å². The predicted molar refractivity (Wildman–Crippen MR) is 109 cm³/mol. The van der Waals surface area contributed by atoms with Crippen molar-refractivity contribution in [3.05, 3.63) is 95.6 Å². The predicted octanol–water partition coefficient (Wildman–Crippen LogP) is 3.86. The van der Waals surface area contributed by atoms with Gasteiger partial charge in [0.05, 0.1) is 5.56 Å². The highest BCUT2D eigenvalue weighted by molar-refractivity contribution is 5.99. The second-order valence-corrected chi connectivity index (χ2v) is 6.69. The van der Waals surface area contributed by atoms with Crippen molar-refractivity contribution in [2.24, 2.45) is 5.73 Å². The van der Waals surface area contributed by atoms with Crippen molar-refractivity contribution in [2.45, 2.75) is 19.2 Å². The Morgan fingerprint density at radius 3 is 2.29 bits per heavy atom. The Bertz CT molecular complexity index is 1060. The third-order valence-electron chi connectivity index (χ3n) is 4.57. The Morgan fingerprint density at radius 2 is 1.65 bits per heavy atom. The molecule has 3 aromatic rings. The van der Waals surface area contributed by atoms with Crippen molar-refractivity contribution in [1.82, 2.24) is 4.90 Å². The van der Waals surface area contributed by atoms with Crippen LogP contribution in [-0.2, 0) is 11.3 Å². The largest absolute Gasteiger partial charge is 0.507 e. The van der Waals surface area contributed by atoms with Crippen molar-refractivity contribution in [3.8, 4) is 11.5 Å². The van der Waals surface area contributed by atoms with E-state index in [1.54, 1.807) is 48.5 Å². The molecule has 3 N–H and O–H groups in total. The normalized spacial score (nSPS) is 11.7. The highest BCUT2D eigenvalue weighted by atomic mass is 19.3. The van der Waals surface area contributed by atoms with Gasteiger partial charge >= 0.3 is 6.61 Å². The number of phenolic OH excluding ortho intramolecular Hbond substituents is 1. The van der Waals surface area contributed by atoms with Crippen LogP contribution in [0.25, 0.3) is 0 Å². The fraction of sp³-hybridized carbons (Fsp3) is 0.130. The third kappa shape index (κ3) is 5.36. The molecule has 0 spiro atoms. The second-order valence-electron chi connectivity index (χ2n) is 6.69. The van der Waals surface area contributed by atoms with Crippen LogP contribution in [0.1, 0.15) is 27.5 Å². The van der Waals surface area contributed by atoms with Crippen molar-refractivity contribution < 1.29 is 28.2 Å². The lowest BCUT2D eigenvalue weighted by Gasteiger charge is -2.30. The van der Waals surface area contributed by atoms with Gasteiger partial charge in [0.15, 0.2) is 0 Å². The van der Waals surface area contributed by atoms with E-state index in [1.165, 1.54) is 35.2 Å². The maximum absolute atomic E-state index is 13.4. The molecular weight excluding hydrogens is 406 g/mol. The highest BCUT2D eigenvalue weighted by Crippen LogP contribution is 2.28. The molecule has 3 aromatic carbocycles. The molecule has 0 aliphatic heterocycles. The number of nitrogens with zero attached hydrogens (tertiary/aromatic N) is 1. The molecule has 0 unspecified atom stereocenters. The van der Waals surface area contributed by atoms with Crippen LogP contribution in [0.15, 0.2) is 78.9 Å². The highest BCUT2D eigenvalue weighted by Gasteiger charge is 2.31. The monoisotopic (exact) mass is 426 g/mol. The summed E-state index contributed by atoms with van der Waals surface area (Å²) in [5, 5.41) is 10.2. The molecule has 0 aromatic heterocycles. The van der Waals surface area contributed by atoms with E-state index in [-0.39, 0.29) is 23.6 Å². The summed E-state index contributed by atoms with van der Waals surface area (Å²) in [6, 6.07) is 19.0. The molecule has 0 radical (unpaired) electrons. The van der Waals surface area contributed by atoms with Crippen molar-refractivity contribution >= 4 is 11.8 Å². The van der Waals surface area contributed by atoms with Gasteiger partial charge in [0.2, 0.25) is 5.91 Å². The summed E-state index contributed by atoms with van der Waals surface area (Å²) in [4.78, 5) is 27.0. The molecule has 0 heterocycles. The number of nitrogens with two attached hydrogens (primary N) is 1. The van der Waals surface area contributed by atoms with Crippen LogP contribution >= 0.6 is 0 Å². The zero-order valence-electron chi connectivity index (χ0n) is 16.3. The number of aromatic hydroxyl groups is 1. The number of alkyl halides is 2. The van der Waals surface area contributed by atoms with Crippen LogP contribution in [0.2, 0.25) is 0 Å². The minimum atomic E-state index is -3.00. The maximum atomic E-state index is 13.4. The fourth-order valence-electron chi connectivity index (χ4n) is 3.24. The number of hydrogen-bond donors (Lipinski definition) is 2. The first-order chi connectivity index (χ1) is 14.9. The van der Waals surface area contributed by atoms with Crippen LogP contribution in [-0.4, -0.2) is 28.4 Å². The van der Waals surface area contributed by atoms with Gasteiger partial charge < -0.3 is 20.5 Å². The van der Waals surface area contributed by atoms with Crippen molar-refractivity contribution in [2.75, 3.05) is 0 Å². The molecular formula is C23H20F2N2O4. The zero-order valence-corrected chi connectivity index (χ0v) is 16.3. The molecule has 0 fully saturated rings. The molecule has 0 aliphatic rings. The van der Waals surface area contributed by atoms with E-state index in [2.05, 4.69) is 4.74 Å². The molecule has 3 rings (SSSR count). The number of hydrogen-bond acceptors (Lipinski definition) is 4. The van der Waals surface area contributed by atoms with Gasteiger partial charge in [0.1, 0.15) is 17.5 Å². The number of primary amides is 1. The molecule has 8 heteroatoms. The molecule has 0 saturated heterocycles. The number of para-hydroxylation sites is 1. The van der Waals surface area contributed by atoms with E-state index >= 15 is 0 Å². The second kappa shape index (κ2) is 9.71. The summed E-state index contributed by atoms with van der Waals surface area (Å²) in [5.41, 5.74) is 6.54. The standard InChI is InChI=1S/C23H20F2N2O4/c24-23(25)31-17-10-6-7-15(13-17)14-27(22(30)18-11-4-5-12-19(18)28)20(21(26)29)16-8-2-1-3-9-16/h1-13,20,23,28H,14H2,(H2,26,29)/t20-/m1/s1. The lowest BCUT2D eigenvalue weighted by Crippen LogP contribution is -2.41. The number of carbonyl (C=O) groups is 2. The van der Waals surface area contributed by atoms with Crippen LogP contribution in [0.4, 0.5) is 8.78 Å². The molecule has 31 heavy (non-hydrogen) atoms. The van der Waals surface area contributed by atoms with Gasteiger partial charge in [-0.05, 0) is 35.4 Å². The first kappa shape index (κ1) is 21.8. The Morgan fingerprint density at radius 1 is 0.968 bits per heavy atom. The number of halogens is 2. The van der Waals surface area contributed by atoms with Crippen molar-refractivity contribution in [1.29, 1.82) is 0 Å². The van der Waals surface area contributed by atoms with Gasteiger partial charge in [-0.1, -0.05) is 54.6 Å². The molecule has 0 saturated carbocycles. The Balaban J connectivity index is 2.05. The van der Waals surface area contributed by atoms with E-state index in [1.807, 2.05) is 0 Å². The van der Waals surface area contributed by atoms with Crippen LogP contribution < -0.4 is 10.5 Å². The van der Waals surface area contributed by atoms with Gasteiger partial charge in [-0.3, -0.25) is 9.59 Å². The first-order valence-electron chi connectivity index (χ1n) is 9.34. The number of phenols is 1. The van der Waals surface area contributed by atoms with E-state index in [4.69, 9.17) is 5.73 Å². The number of carbonyl (C=O) groups excluding carboxylic acids is 2. The Hall–Kier alpha value is -3.94. The summed E-state index contributed by atoms with van der Waals surface area (Å²) in [7, 11) is 0. The zero-order chi connectivity index (χ0) is 22.4. The van der Waals surface area contributed by atoms with E-state index in [9.17, 15) is 23.5 Å². The average Bonchev–Trinajstić information content (AvgIpc) is 2.73. The first-order valence-corrected chi connectivity index (χ1v) is 9.34. The molecule has 160 valence electrons. The number of amides is 2. The molecule has 0 bridgehead atoms. The van der Waals surface area contributed by atoms with Gasteiger partial charge in [0, 0.05) is 6.54 Å².